The summed E-state index contributed by atoms with van der Waals surface area (Å²) < 4.78 is 10.4. The lowest BCUT2D eigenvalue weighted by Crippen LogP contribution is -2.29. The van der Waals surface area contributed by atoms with Crippen molar-refractivity contribution in [2.45, 2.75) is 6.42 Å². The van der Waals surface area contributed by atoms with Gasteiger partial charge in [0.15, 0.2) is 0 Å². The van der Waals surface area contributed by atoms with Crippen molar-refractivity contribution < 1.29 is 14.3 Å². The van der Waals surface area contributed by atoms with Crippen LogP contribution in [0.1, 0.15) is 5.56 Å². The van der Waals surface area contributed by atoms with Crippen LogP contribution in [0.5, 0.6) is 11.5 Å². The molecule has 24 heavy (non-hydrogen) atoms. The smallest absolute Gasteiger partial charge is 0.238 e. The van der Waals surface area contributed by atoms with E-state index in [0.29, 0.717) is 23.7 Å². The lowest BCUT2D eigenvalue weighted by atomic mass is 10.1. The molecule has 6 heteroatoms. The molecule has 0 aliphatic carbocycles. The summed E-state index contributed by atoms with van der Waals surface area (Å²) in [7, 11) is 3.13. The molecule has 2 N–H and O–H groups in total. The van der Waals surface area contributed by atoms with Crippen LogP contribution in [-0.2, 0) is 11.2 Å². The molecule has 0 aliphatic heterocycles. The number of hydrogen-bond acceptors (Lipinski definition) is 4. The molecule has 2 aromatic rings. The number of ether oxygens (including phenoxy) is 2. The Morgan fingerprint density at radius 2 is 1.83 bits per heavy atom. The van der Waals surface area contributed by atoms with Gasteiger partial charge in [-0.15, -0.1) is 0 Å². The van der Waals surface area contributed by atoms with Crippen molar-refractivity contribution in [1.29, 1.82) is 0 Å². The molecule has 128 valence electrons. The number of carbonyl (C=O) groups is 1. The van der Waals surface area contributed by atoms with Crippen molar-refractivity contribution in [3.8, 4) is 11.5 Å². The number of halogens is 1. The van der Waals surface area contributed by atoms with E-state index in [9.17, 15) is 4.79 Å². The molecule has 0 fully saturated rings. The van der Waals surface area contributed by atoms with E-state index < -0.39 is 0 Å². The average Bonchev–Trinajstić information content (AvgIpc) is 2.60. The van der Waals surface area contributed by atoms with Crippen LogP contribution < -0.4 is 20.1 Å². The van der Waals surface area contributed by atoms with E-state index in [-0.39, 0.29) is 12.5 Å². The molecule has 0 heterocycles. The van der Waals surface area contributed by atoms with Crippen LogP contribution >= 0.6 is 11.6 Å². The second-order valence-corrected chi connectivity index (χ2v) is 5.60. The monoisotopic (exact) mass is 348 g/mol. The second kappa shape index (κ2) is 9.15. The number of methoxy groups -OCH3 is 2. The molecule has 0 aromatic heterocycles. The van der Waals surface area contributed by atoms with E-state index in [1.165, 1.54) is 5.56 Å². The number of amides is 1. The van der Waals surface area contributed by atoms with Gasteiger partial charge in [0.1, 0.15) is 11.5 Å². The summed E-state index contributed by atoms with van der Waals surface area (Å²) in [5.41, 5.74) is 1.78. The summed E-state index contributed by atoms with van der Waals surface area (Å²) in [5.74, 6) is 1.10. The summed E-state index contributed by atoms with van der Waals surface area (Å²) in [6, 6.07) is 12.9. The van der Waals surface area contributed by atoms with Gasteiger partial charge in [-0.3, -0.25) is 4.79 Å². The topological polar surface area (TPSA) is 59.6 Å². The SMILES string of the molecule is COc1ccc(NC(=O)CNCCc2ccc(Cl)cc2)c(OC)c1. The highest BCUT2D eigenvalue weighted by Gasteiger charge is 2.08. The van der Waals surface area contributed by atoms with Crippen molar-refractivity contribution in [2.75, 3.05) is 32.6 Å². The Bertz CT molecular complexity index is 674. The van der Waals surface area contributed by atoms with Gasteiger partial charge >= 0.3 is 0 Å². The molecule has 0 spiro atoms. The molecule has 0 saturated heterocycles. The minimum Gasteiger partial charge on any atom is -0.497 e. The molecule has 0 unspecified atom stereocenters. The molecule has 0 bridgehead atoms. The first-order chi connectivity index (χ1) is 11.6. The summed E-state index contributed by atoms with van der Waals surface area (Å²) >= 11 is 5.85. The zero-order valence-electron chi connectivity index (χ0n) is 13.8. The second-order valence-electron chi connectivity index (χ2n) is 5.17. The Morgan fingerprint density at radius 1 is 1.08 bits per heavy atom. The maximum absolute atomic E-state index is 12.0. The molecule has 0 aliphatic rings. The van der Waals surface area contributed by atoms with Crippen LogP contribution in [0.3, 0.4) is 0 Å². The Hall–Kier alpha value is -2.24. The minimum atomic E-state index is -0.130. The third kappa shape index (κ3) is 5.44. The molecule has 1 amide bonds. The van der Waals surface area contributed by atoms with Crippen molar-refractivity contribution in [3.05, 3.63) is 53.1 Å². The fraction of sp³-hybridized carbons (Fsp3) is 0.278. The van der Waals surface area contributed by atoms with E-state index in [2.05, 4.69) is 10.6 Å². The number of hydrogen-bond donors (Lipinski definition) is 2. The first kappa shape index (κ1) is 18.1. The van der Waals surface area contributed by atoms with Gasteiger partial charge in [0.25, 0.3) is 0 Å². The van der Waals surface area contributed by atoms with Crippen LogP contribution in [-0.4, -0.2) is 33.2 Å². The first-order valence-corrected chi connectivity index (χ1v) is 7.97. The van der Waals surface area contributed by atoms with Crippen LogP contribution in [0.2, 0.25) is 5.02 Å². The molecular weight excluding hydrogens is 328 g/mol. The third-order valence-electron chi connectivity index (χ3n) is 3.47. The predicted octanol–water partition coefficient (Wildman–Crippen LogP) is 3.13. The molecular formula is C18H21ClN2O3. The van der Waals surface area contributed by atoms with Crippen molar-refractivity contribution >= 4 is 23.2 Å². The zero-order valence-corrected chi connectivity index (χ0v) is 14.5. The van der Waals surface area contributed by atoms with Gasteiger partial charge in [-0.2, -0.15) is 0 Å². The largest absolute Gasteiger partial charge is 0.497 e. The number of rotatable bonds is 8. The van der Waals surface area contributed by atoms with Crippen molar-refractivity contribution in [3.63, 3.8) is 0 Å². The number of nitrogens with one attached hydrogen (secondary N) is 2. The summed E-state index contributed by atoms with van der Waals surface area (Å²) in [6.45, 7) is 0.928. The summed E-state index contributed by atoms with van der Waals surface area (Å²) in [4.78, 5) is 12.0. The number of carbonyl (C=O) groups excluding carboxylic acids is 1. The standard InChI is InChI=1S/C18H21ClN2O3/c1-23-15-7-8-16(17(11-15)24-2)21-18(22)12-20-10-9-13-3-5-14(19)6-4-13/h3-8,11,20H,9-10,12H2,1-2H3,(H,21,22). The Balaban J connectivity index is 1.78. The van der Waals surface area contributed by atoms with E-state index in [4.69, 9.17) is 21.1 Å². The minimum absolute atomic E-state index is 0.130. The van der Waals surface area contributed by atoms with Crippen LogP contribution in [0, 0.1) is 0 Å². The van der Waals surface area contributed by atoms with Gasteiger partial charge in [-0.1, -0.05) is 23.7 Å². The number of benzene rings is 2. The maximum Gasteiger partial charge on any atom is 0.238 e. The van der Waals surface area contributed by atoms with Gasteiger partial charge in [0.2, 0.25) is 5.91 Å². The zero-order chi connectivity index (χ0) is 17.4. The highest BCUT2D eigenvalue weighted by Crippen LogP contribution is 2.28. The normalized spacial score (nSPS) is 10.3. The Kier molecular flexibility index (Phi) is 6.90. The maximum atomic E-state index is 12.0. The number of anilines is 1. The van der Waals surface area contributed by atoms with E-state index in [0.717, 1.165) is 11.4 Å². The highest BCUT2D eigenvalue weighted by molar-refractivity contribution is 6.30. The summed E-state index contributed by atoms with van der Waals surface area (Å²) in [5, 5.41) is 6.66. The van der Waals surface area contributed by atoms with Gasteiger partial charge in [-0.25, -0.2) is 0 Å². The lowest BCUT2D eigenvalue weighted by Gasteiger charge is -2.12. The average molecular weight is 349 g/mol. The highest BCUT2D eigenvalue weighted by atomic mass is 35.5. The van der Waals surface area contributed by atoms with Gasteiger partial charge in [0, 0.05) is 11.1 Å². The summed E-state index contributed by atoms with van der Waals surface area (Å²) in [6.07, 6.45) is 0.830. The quantitative estimate of drug-likeness (QED) is 0.720. The van der Waals surface area contributed by atoms with Crippen LogP contribution in [0.15, 0.2) is 42.5 Å². The molecule has 0 radical (unpaired) electrons. The lowest BCUT2D eigenvalue weighted by molar-refractivity contribution is -0.115. The Labute approximate surface area is 146 Å². The van der Waals surface area contributed by atoms with Gasteiger partial charge < -0.3 is 20.1 Å². The predicted molar refractivity (Wildman–Crippen MR) is 96.2 cm³/mol. The van der Waals surface area contributed by atoms with E-state index in [1.54, 1.807) is 32.4 Å². The van der Waals surface area contributed by atoms with Gasteiger partial charge in [0.05, 0.1) is 26.5 Å². The van der Waals surface area contributed by atoms with Gasteiger partial charge in [-0.05, 0) is 42.8 Å². The Morgan fingerprint density at radius 3 is 2.50 bits per heavy atom. The van der Waals surface area contributed by atoms with Crippen LogP contribution in [0.4, 0.5) is 5.69 Å². The van der Waals surface area contributed by atoms with E-state index in [1.807, 2.05) is 24.3 Å². The van der Waals surface area contributed by atoms with E-state index >= 15 is 0 Å². The fourth-order valence-corrected chi connectivity index (χ4v) is 2.31. The molecule has 5 nitrogen and oxygen atoms in total. The third-order valence-corrected chi connectivity index (χ3v) is 3.72. The molecule has 2 aromatic carbocycles. The van der Waals surface area contributed by atoms with Crippen molar-refractivity contribution in [2.24, 2.45) is 0 Å². The fourth-order valence-electron chi connectivity index (χ4n) is 2.18. The first-order valence-electron chi connectivity index (χ1n) is 7.59. The molecule has 0 saturated carbocycles. The van der Waals surface area contributed by atoms with Crippen molar-refractivity contribution in [1.82, 2.24) is 5.32 Å². The molecule has 2 rings (SSSR count). The van der Waals surface area contributed by atoms with Crippen LogP contribution in [0.25, 0.3) is 0 Å². The molecule has 0 atom stereocenters.